The molecule has 5 heteroatoms. The second kappa shape index (κ2) is 6.83. The summed E-state index contributed by atoms with van der Waals surface area (Å²) < 4.78 is 26.7. The average molecular weight is 268 g/mol. The van der Waals surface area contributed by atoms with E-state index in [0.717, 1.165) is 36.1 Å². The fourth-order valence-corrected chi connectivity index (χ4v) is 2.15. The molecule has 1 atom stereocenters. The second-order valence-corrected chi connectivity index (χ2v) is 4.88. The Morgan fingerprint density at radius 2 is 2.33 bits per heavy atom. The van der Waals surface area contributed by atoms with Crippen molar-refractivity contribution in [2.45, 2.75) is 18.9 Å². The van der Waals surface area contributed by atoms with Gasteiger partial charge in [0.15, 0.2) is 8.46 Å². The molecule has 0 bridgehead atoms. The summed E-state index contributed by atoms with van der Waals surface area (Å²) in [6.45, 7) is 2.21. The summed E-state index contributed by atoms with van der Waals surface area (Å²) in [6.07, 6.45) is 2.06. The minimum atomic E-state index is 0.0527. The van der Waals surface area contributed by atoms with Crippen molar-refractivity contribution in [2.24, 2.45) is 0 Å². The molecule has 0 saturated carbocycles. The third-order valence-electron chi connectivity index (χ3n) is 2.83. The van der Waals surface area contributed by atoms with Crippen LogP contribution < -0.4 is 10.0 Å². The summed E-state index contributed by atoms with van der Waals surface area (Å²) in [5, 5.41) is 0.821. The number of ether oxygens (including phenoxy) is 3. The van der Waals surface area contributed by atoms with Gasteiger partial charge in [0.25, 0.3) is 0 Å². The molecule has 1 aromatic carbocycles. The number of hydrogen-bond donors (Lipinski definition) is 0. The molecule has 1 aromatic rings. The Morgan fingerprint density at radius 3 is 3.00 bits per heavy atom. The zero-order chi connectivity index (χ0) is 12.8. The fraction of sp³-hybridized carbons (Fsp3) is 0.538. The Kier molecular flexibility index (Phi) is 5.12. The summed E-state index contributed by atoms with van der Waals surface area (Å²) in [6, 6.07) is 5.59. The number of aryl methyl sites for hydroxylation is 1. The van der Waals surface area contributed by atoms with E-state index in [4.69, 9.17) is 14.2 Å². The third kappa shape index (κ3) is 4.05. The van der Waals surface area contributed by atoms with Gasteiger partial charge >= 0.3 is 0 Å². The molecule has 98 valence electrons. The van der Waals surface area contributed by atoms with Crippen LogP contribution in [0.15, 0.2) is 18.2 Å². The Morgan fingerprint density at radius 1 is 1.50 bits per heavy atom. The highest BCUT2D eigenvalue weighted by atomic mass is 31.1. The first kappa shape index (κ1) is 13.5. The molecule has 0 aliphatic carbocycles. The minimum Gasteiger partial charge on any atom is -0.497 e. The third-order valence-corrected chi connectivity index (χ3v) is 3.46. The molecule has 1 aliphatic rings. The van der Waals surface area contributed by atoms with Gasteiger partial charge in [-0.1, -0.05) is 0 Å². The smallest absolute Gasteiger partial charge is 0.192 e. The largest absolute Gasteiger partial charge is 0.497 e. The molecule has 1 aliphatic heterocycles. The first-order chi connectivity index (χ1) is 8.83. The van der Waals surface area contributed by atoms with Gasteiger partial charge in [-0.15, -0.1) is 0 Å². The highest BCUT2D eigenvalue weighted by Crippen LogP contribution is 2.16. The zero-order valence-corrected chi connectivity index (χ0v) is 11.3. The molecular formula is C13H17O4P. The van der Waals surface area contributed by atoms with Crippen LogP contribution in [-0.4, -0.2) is 33.0 Å². The number of hydrogen-bond acceptors (Lipinski definition) is 4. The van der Waals surface area contributed by atoms with Crippen LogP contribution in [0.1, 0.15) is 12.0 Å². The maximum Gasteiger partial charge on any atom is 0.192 e. The first-order valence-electron chi connectivity index (χ1n) is 6.03. The van der Waals surface area contributed by atoms with E-state index < -0.39 is 0 Å². The maximum absolute atomic E-state index is 11.0. The van der Waals surface area contributed by atoms with Crippen molar-refractivity contribution in [3.8, 4) is 5.75 Å². The van der Waals surface area contributed by atoms with Gasteiger partial charge in [-0.3, -0.25) is 4.57 Å². The monoisotopic (exact) mass is 268 g/mol. The van der Waals surface area contributed by atoms with Gasteiger partial charge in [-0.05, 0) is 36.6 Å². The minimum absolute atomic E-state index is 0.0527. The number of benzene rings is 1. The quantitative estimate of drug-likeness (QED) is 0.411. The normalized spacial score (nSPS) is 17.9. The van der Waals surface area contributed by atoms with E-state index in [1.807, 2.05) is 18.2 Å². The van der Waals surface area contributed by atoms with Gasteiger partial charge in [-0.25, -0.2) is 0 Å². The highest BCUT2D eigenvalue weighted by Gasteiger charge is 2.21. The Labute approximate surface area is 108 Å². The van der Waals surface area contributed by atoms with Crippen molar-refractivity contribution in [3.05, 3.63) is 23.8 Å². The highest BCUT2D eigenvalue weighted by molar-refractivity contribution is 7.34. The molecule has 1 heterocycles. The van der Waals surface area contributed by atoms with E-state index in [9.17, 15) is 4.57 Å². The van der Waals surface area contributed by atoms with Crippen LogP contribution in [0.4, 0.5) is 0 Å². The first-order valence-corrected chi connectivity index (χ1v) is 6.84. The lowest BCUT2D eigenvalue weighted by Crippen LogP contribution is -2.07. The maximum atomic E-state index is 11.0. The summed E-state index contributed by atoms with van der Waals surface area (Å²) in [5.74, 6) is 0.796. The van der Waals surface area contributed by atoms with Crippen molar-refractivity contribution in [2.75, 3.05) is 26.9 Å². The molecule has 0 amide bonds. The van der Waals surface area contributed by atoms with Gasteiger partial charge in [0, 0.05) is 11.9 Å². The van der Waals surface area contributed by atoms with Gasteiger partial charge in [-0.2, -0.15) is 0 Å². The molecule has 2 rings (SSSR count). The van der Waals surface area contributed by atoms with Crippen molar-refractivity contribution < 1.29 is 18.8 Å². The van der Waals surface area contributed by atoms with Crippen LogP contribution in [0, 0.1) is 0 Å². The molecular weight excluding hydrogens is 251 g/mol. The molecule has 0 radical (unpaired) electrons. The molecule has 0 N–H and O–H groups in total. The molecule has 18 heavy (non-hydrogen) atoms. The van der Waals surface area contributed by atoms with Gasteiger partial charge < -0.3 is 14.2 Å². The molecule has 1 fully saturated rings. The van der Waals surface area contributed by atoms with E-state index in [-0.39, 0.29) is 8.46 Å². The standard InChI is InChI=1S/C13H17O4P/c1-15-11-4-5-13(18-14)10(7-11)3-2-6-16-8-12-9-17-12/h4-5,7,12H,2-3,6,8-9H2,1H3. The number of epoxide rings is 1. The Hall–Kier alpha value is -0.960. The Bertz CT molecular complexity index is 404. The van der Waals surface area contributed by atoms with Crippen LogP contribution in [0.2, 0.25) is 0 Å². The fourth-order valence-electron chi connectivity index (χ4n) is 1.72. The van der Waals surface area contributed by atoms with E-state index in [2.05, 4.69) is 0 Å². The van der Waals surface area contributed by atoms with E-state index in [1.165, 1.54) is 0 Å². The van der Waals surface area contributed by atoms with Gasteiger partial charge in [0.2, 0.25) is 0 Å². The molecule has 4 nitrogen and oxygen atoms in total. The summed E-state index contributed by atoms with van der Waals surface area (Å²) in [4.78, 5) is 0. The lowest BCUT2D eigenvalue weighted by atomic mass is 10.1. The summed E-state index contributed by atoms with van der Waals surface area (Å²) in [7, 11) is 1.68. The number of methoxy groups -OCH3 is 1. The molecule has 1 saturated heterocycles. The van der Waals surface area contributed by atoms with E-state index in [0.29, 0.717) is 19.3 Å². The number of rotatable bonds is 8. The van der Waals surface area contributed by atoms with Crippen molar-refractivity contribution in [3.63, 3.8) is 0 Å². The van der Waals surface area contributed by atoms with Crippen molar-refractivity contribution in [1.82, 2.24) is 0 Å². The lowest BCUT2D eigenvalue weighted by Gasteiger charge is -2.07. The van der Waals surface area contributed by atoms with Crippen LogP contribution >= 0.6 is 8.46 Å². The van der Waals surface area contributed by atoms with Gasteiger partial charge in [0.05, 0.1) is 20.3 Å². The van der Waals surface area contributed by atoms with Crippen molar-refractivity contribution >= 4 is 13.8 Å². The average Bonchev–Trinajstić information content (AvgIpc) is 3.22. The van der Waals surface area contributed by atoms with Crippen LogP contribution in [0.25, 0.3) is 0 Å². The SMILES string of the molecule is COc1ccc(P=O)c(CCCOCC2CO2)c1. The lowest BCUT2D eigenvalue weighted by molar-refractivity contribution is 0.114. The van der Waals surface area contributed by atoms with Crippen LogP contribution in [0.3, 0.4) is 0 Å². The van der Waals surface area contributed by atoms with Gasteiger partial charge in [0.1, 0.15) is 11.9 Å². The molecule has 0 aromatic heterocycles. The molecule has 0 spiro atoms. The summed E-state index contributed by atoms with van der Waals surface area (Å²) >= 11 is 0. The van der Waals surface area contributed by atoms with Crippen molar-refractivity contribution in [1.29, 1.82) is 0 Å². The predicted molar refractivity (Wildman–Crippen MR) is 69.1 cm³/mol. The van der Waals surface area contributed by atoms with Crippen LogP contribution in [0.5, 0.6) is 5.75 Å². The topological polar surface area (TPSA) is 48.1 Å². The second-order valence-electron chi connectivity index (χ2n) is 4.22. The zero-order valence-electron chi connectivity index (χ0n) is 10.4. The van der Waals surface area contributed by atoms with E-state index >= 15 is 0 Å². The predicted octanol–water partition coefficient (Wildman–Crippen LogP) is 1.96. The molecule has 1 unspecified atom stereocenters. The summed E-state index contributed by atoms with van der Waals surface area (Å²) in [5.41, 5.74) is 1.05. The van der Waals surface area contributed by atoms with E-state index in [1.54, 1.807) is 7.11 Å². The van der Waals surface area contributed by atoms with Crippen LogP contribution in [-0.2, 0) is 20.5 Å². The Balaban J connectivity index is 1.80.